The van der Waals surface area contributed by atoms with Crippen LogP contribution in [0.15, 0.2) is 72.8 Å². The van der Waals surface area contributed by atoms with Crippen LogP contribution in [0, 0.1) is 0 Å². The maximum absolute atomic E-state index is 6.31. The van der Waals surface area contributed by atoms with E-state index in [9.17, 15) is 0 Å². The maximum Gasteiger partial charge on any atom is 0.126 e. The lowest BCUT2D eigenvalue weighted by Gasteiger charge is -2.32. The molecule has 0 bridgehead atoms. The Labute approximate surface area is 304 Å². The van der Waals surface area contributed by atoms with Gasteiger partial charge in [-0.15, -0.1) is 0 Å². The van der Waals surface area contributed by atoms with E-state index in [4.69, 9.17) is 28.4 Å². The Morgan fingerprint density at radius 3 is 2.02 bits per heavy atom. The van der Waals surface area contributed by atoms with Gasteiger partial charge in [0, 0.05) is 25.2 Å². The summed E-state index contributed by atoms with van der Waals surface area (Å²) >= 11 is 0. The maximum atomic E-state index is 6.31. The molecule has 278 valence electrons. The van der Waals surface area contributed by atoms with Crippen LogP contribution in [0.2, 0.25) is 0 Å². The highest BCUT2D eigenvalue weighted by atomic mass is 16.5. The van der Waals surface area contributed by atoms with Gasteiger partial charge in [-0.1, -0.05) is 77.1 Å². The largest absolute Gasteiger partial charge is 0.493 e. The van der Waals surface area contributed by atoms with Crippen LogP contribution in [0.25, 0.3) is 0 Å². The summed E-state index contributed by atoms with van der Waals surface area (Å²) in [5.74, 6) is 2.59. The van der Waals surface area contributed by atoms with E-state index in [1.807, 2.05) is 42.5 Å². The summed E-state index contributed by atoms with van der Waals surface area (Å²) in [5.41, 5.74) is 3.33. The predicted molar refractivity (Wildman–Crippen MR) is 206 cm³/mol. The number of rotatable bonds is 21. The molecule has 0 aromatic heterocycles. The van der Waals surface area contributed by atoms with Gasteiger partial charge in [-0.2, -0.15) is 0 Å². The van der Waals surface area contributed by atoms with Gasteiger partial charge < -0.3 is 28.4 Å². The fraction of sp³-hybridized carbons (Fsp3) is 0.591. The minimum Gasteiger partial charge on any atom is -0.493 e. The third-order valence-corrected chi connectivity index (χ3v) is 8.81. The SMILES string of the molecule is CC(CCOc1cccc(C(C)(C)CCC(C)(C)OCCCOCCOc2ccccc2COc2ccc(C(C)(C)C)cc2)c1)OC(C)(C)C. The summed E-state index contributed by atoms with van der Waals surface area (Å²) in [4.78, 5) is 0. The molecule has 1 unspecified atom stereocenters. The Hall–Kier alpha value is -3.06. The molecule has 50 heavy (non-hydrogen) atoms. The second-order valence-electron chi connectivity index (χ2n) is 16.7. The van der Waals surface area contributed by atoms with Gasteiger partial charge in [-0.05, 0) is 113 Å². The fourth-order valence-corrected chi connectivity index (χ4v) is 5.64. The van der Waals surface area contributed by atoms with Crippen LogP contribution in [0.1, 0.15) is 119 Å². The monoisotopic (exact) mass is 690 g/mol. The van der Waals surface area contributed by atoms with Crippen LogP contribution in [0.4, 0.5) is 0 Å². The molecule has 0 aliphatic carbocycles. The first-order valence-corrected chi connectivity index (χ1v) is 18.5. The molecule has 3 aromatic rings. The first-order valence-electron chi connectivity index (χ1n) is 18.5. The Kier molecular flexibility index (Phi) is 15.7. The van der Waals surface area contributed by atoms with Crippen molar-refractivity contribution in [1.29, 1.82) is 0 Å². The summed E-state index contributed by atoms with van der Waals surface area (Å²) in [7, 11) is 0. The molecule has 0 spiro atoms. The molecular weight excluding hydrogens is 624 g/mol. The number of ether oxygens (including phenoxy) is 6. The van der Waals surface area contributed by atoms with Gasteiger partial charge >= 0.3 is 0 Å². The zero-order valence-electron chi connectivity index (χ0n) is 33.0. The Bertz CT molecular complexity index is 1400. The van der Waals surface area contributed by atoms with E-state index in [0.29, 0.717) is 39.6 Å². The van der Waals surface area contributed by atoms with Gasteiger partial charge in [-0.3, -0.25) is 0 Å². The Morgan fingerprint density at radius 2 is 1.32 bits per heavy atom. The van der Waals surface area contributed by atoms with E-state index < -0.39 is 0 Å². The third-order valence-electron chi connectivity index (χ3n) is 8.81. The van der Waals surface area contributed by atoms with E-state index >= 15 is 0 Å². The highest BCUT2D eigenvalue weighted by Gasteiger charge is 2.27. The van der Waals surface area contributed by atoms with Crippen LogP contribution in [0.3, 0.4) is 0 Å². The van der Waals surface area contributed by atoms with Gasteiger partial charge in [0.05, 0.1) is 30.5 Å². The van der Waals surface area contributed by atoms with E-state index in [1.165, 1.54) is 11.1 Å². The summed E-state index contributed by atoms with van der Waals surface area (Å²) in [6.07, 6.45) is 3.80. The van der Waals surface area contributed by atoms with Crippen molar-refractivity contribution in [3.05, 3.63) is 89.5 Å². The number of hydrogen-bond donors (Lipinski definition) is 0. The number of benzene rings is 3. The third kappa shape index (κ3) is 15.4. The molecule has 1 atom stereocenters. The quantitative estimate of drug-likeness (QED) is 0.104. The topological polar surface area (TPSA) is 55.4 Å². The Morgan fingerprint density at radius 1 is 0.600 bits per heavy atom. The normalized spacial score (nSPS) is 13.3. The molecule has 0 aliphatic rings. The lowest BCUT2D eigenvalue weighted by Crippen LogP contribution is -2.29. The zero-order valence-corrected chi connectivity index (χ0v) is 33.0. The van der Waals surface area contributed by atoms with E-state index in [-0.39, 0.29) is 28.1 Å². The number of para-hydroxylation sites is 1. The molecule has 0 aliphatic heterocycles. The smallest absolute Gasteiger partial charge is 0.126 e. The highest BCUT2D eigenvalue weighted by Crippen LogP contribution is 2.34. The van der Waals surface area contributed by atoms with Crippen LogP contribution >= 0.6 is 0 Å². The van der Waals surface area contributed by atoms with Crippen LogP contribution < -0.4 is 14.2 Å². The summed E-state index contributed by atoms with van der Waals surface area (Å²) < 4.78 is 36.4. The molecule has 6 nitrogen and oxygen atoms in total. The predicted octanol–water partition coefficient (Wildman–Crippen LogP) is 10.9. The van der Waals surface area contributed by atoms with Crippen molar-refractivity contribution >= 4 is 0 Å². The van der Waals surface area contributed by atoms with Crippen molar-refractivity contribution in [2.24, 2.45) is 0 Å². The molecule has 0 fully saturated rings. The first-order chi connectivity index (χ1) is 23.4. The molecule has 0 heterocycles. The van der Waals surface area contributed by atoms with Crippen molar-refractivity contribution in [2.45, 2.75) is 137 Å². The summed E-state index contributed by atoms with van der Waals surface area (Å²) in [6.45, 7) is 27.3. The molecule has 3 rings (SSSR count). The molecule has 0 amide bonds. The molecule has 3 aromatic carbocycles. The van der Waals surface area contributed by atoms with Crippen molar-refractivity contribution in [3.63, 3.8) is 0 Å². The molecular formula is C44H66O6. The standard InChI is InChI=1S/C44H66O6/c1-34(50-42(5,6)7)24-29-46-39-18-14-17-37(32-39)43(8,9)25-26-44(10,11)49-28-15-27-45-30-31-47-40-19-13-12-16-35(40)33-48-38-22-20-36(21-23-38)41(2,3)4/h12-14,16-23,32,34H,15,24-31,33H2,1-11H3. The van der Waals surface area contributed by atoms with E-state index in [1.54, 1.807) is 0 Å². The van der Waals surface area contributed by atoms with Gasteiger partial charge in [0.15, 0.2) is 0 Å². The van der Waals surface area contributed by atoms with Crippen LogP contribution in [0.5, 0.6) is 17.2 Å². The molecule has 0 radical (unpaired) electrons. The summed E-state index contributed by atoms with van der Waals surface area (Å²) in [6, 6.07) is 24.9. The minimum atomic E-state index is -0.224. The van der Waals surface area contributed by atoms with Crippen molar-refractivity contribution in [2.75, 3.05) is 33.0 Å². The lowest BCUT2D eigenvalue weighted by atomic mass is 9.78. The highest BCUT2D eigenvalue weighted by molar-refractivity contribution is 5.35. The number of hydrogen-bond acceptors (Lipinski definition) is 6. The van der Waals surface area contributed by atoms with E-state index in [2.05, 4.69) is 106 Å². The second-order valence-corrected chi connectivity index (χ2v) is 16.7. The van der Waals surface area contributed by atoms with Gasteiger partial charge in [0.1, 0.15) is 30.5 Å². The first kappa shape index (κ1) is 41.4. The lowest BCUT2D eigenvalue weighted by molar-refractivity contribution is -0.0578. The Balaban J connectivity index is 1.31. The molecule has 0 saturated carbocycles. The van der Waals surface area contributed by atoms with E-state index in [0.717, 1.165) is 48.5 Å². The van der Waals surface area contributed by atoms with Crippen molar-refractivity contribution < 1.29 is 28.4 Å². The van der Waals surface area contributed by atoms with Gasteiger partial charge in [0.2, 0.25) is 0 Å². The average Bonchev–Trinajstić information content (AvgIpc) is 3.04. The van der Waals surface area contributed by atoms with Crippen LogP contribution in [-0.4, -0.2) is 50.3 Å². The van der Waals surface area contributed by atoms with Crippen LogP contribution in [-0.2, 0) is 31.6 Å². The van der Waals surface area contributed by atoms with Gasteiger partial charge in [-0.25, -0.2) is 0 Å². The summed E-state index contributed by atoms with van der Waals surface area (Å²) in [5, 5.41) is 0. The zero-order chi connectivity index (χ0) is 36.8. The van der Waals surface area contributed by atoms with Gasteiger partial charge in [0.25, 0.3) is 0 Å². The molecule has 6 heteroatoms. The second kappa shape index (κ2) is 19.0. The fourth-order valence-electron chi connectivity index (χ4n) is 5.64. The van der Waals surface area contributed by atoms with Crippen molar-refractivity contribution in [3.8, 4) is 17.2 Å². The molecule has 0 saturated heterocycles. The minimum absolute atomic E-state index is 0.00576. The average molecular weight is 691 g/mol. The van der Waals surface area contributed by atoms with Crippen molar-refractivity contribution in [1.82, 2.24) is 0 Å². The molecule has 0 N–H and O–H groups in total.